The molecule has 0 unspecified atom stereocenters. The first-order valence-corrected chi connectivity index (χ1v) is 4.52. The van der Waals surface area contributed by atoms with E-state index in [1.165, 1.54) is 0 Å². The first-order valence-electron chi connectivity index (χ1n) is 4.52. The van der Waals surface area contributed by atoms with Crippen molar-refractivity contribution < 1.29 is 9.90 Å². The van der Waals surface area contributed by atoms with E-state index >= 15 is 0 Å². The zero-order chi connectivity index (χ0) is 10.4. The zero-order valence-electron chi connectivity index (χ0n) is 8.16. The number of carbonyl (C=O) groups is 1. The van der Waals surface area contributed by atoms with Gasteiger partial charge in [0, 0.05) is 25.0 Å². The second kappa shape index (κ2) is 5.34. The standard InChI is InChI=1S/C10H14N2O2/c1-8-2-3-9(7-12-8)6-11-5-4-10(13)14/h2-3,7,11H,4-6H2,1H3,(H,13,14). The Hall–Kier alpha value is -1.42. The normalized spacial score (nSPS) is 10.1. The van der Waals surface area contributed by atoms with E-state index in [1.807, 2.05) is 19.1 Å². The quantitative estimate of drug-likeness (QED) is 0.685. The Balaban J connectivity index is 2.25. The van der Waals surface area contributed by atoms with Gasteiger partial charge in [0.25, 0.3) is 0 Å². The topological polar surface area (TPSA) is 62.2 Å². The lowest BCUT2D eigenvalue weighted by Gasteiger charge is -2.02. The fourth-order valence-corrected chi connectivity index (χ4v) is 1.03. The maximum absolute atomic E-state index is 10.2. The van der Waals surface area contributed by atoms with Gasteiger partial charge < -0.3 is 10.4 Å². The number of aryl methyl sites for hydroxylation is 1. The predicted octanol–water partition coefficient (Wildman–Crippen LogP) is 0.954. The van der Waals surface area contributed by atoms with Crippen molar-refractivity contribution >= 4 is 5.97 Å². The Morgan fingerprint density at radius 2 is 2.36 bits per heavy atom. The van der Waals surface area contributed by atoms with Crippen molar-refractivity contribution in [3.8, 4) is 0 Å². The van der Waals surface area contributed by atoms with Gasteiger partial charge in [0.1, 0.15) is 0 Å². The third-order valence-corrected chi connectivity index (χ3v) is 1.82. The highest BCUT2D eigenvalue weighted by Crippen LogP contribution is 1.98. The molecule has 4 nitrogen and oxygen atoms in total. The molecule has 1 aromatic heterocycles. The summed E-state index contributed by atoms with van der Waals surface area (Å²) >= 11 is 0. The summed E-state index contributed by atoms with van der Waals surface area (Å²) in [5.41, 5.74) is 2.06. The average molecular weight is 194 g/mol. The van der Waals surface area contributed by atoms with E-state index < -0.39 is 5.97 Å². The largest absolute Gasteiger partial charge is 0.481 e. The van der Waals surface area contributed by atoms with E-state index in [1.54, 1.807) is 6.20 Å². The molecule has 0 aromatic carbocycles. The molecular weight excluding hydrogens is 180 g/mol. The molecule has 1 rings (SSSR count). The number of carboxylic acid groups (broad SMARTS) is 1. The van der Waals surface area contributed by atoms with Crippen molar-refractivity contribution in [3.05, 3.63) is 29.6 Å². The van der Waals surface area contributed by atoms with Crippen LogP contribution in [0.25, 0.3) is 0 Å². The van der Waals surface area contributed by atoms with E-state index in [4.69, 9.17) is 5.11 Å². The highest BCUT2D eigenvalue weighted by Gasteiger charge is 1.96. The van der Waals surface area contributed by atoms with Crippen LogP contribution in [-0.2, 0) is 11.3 Å². The van der Waals surface area contributed by atoms with Crippen LogP contribution in [0.15, 0.2) is 18.3 Å². The van der Waals surface area contributed by atoms with Gasteiger partial charge in [-0.1, -0.05) is 6.07 Å². The first kappa shape index (κ1) is 10.7. The summed E-state index contributed by atoms with van der Waals surface area (Å²) in [5.74, 6) is -0.778. The molecule has 0 aliphatic rings. The number of carboxylic acids is 1. The molecule has 0 amide bonds. The number of aromatic nitrogens is 1. The Bertz CT molecular complexity index is 295. The second-order valence-corrected chi connectivity index (χ2v) is 3.13. The molecule has 14 heavy (non-hydrogen) atoms. The van der Waals surface area contributed by atoms with E-state index in [9.17, 15) is 4.79 Å². The Morgan fingerprint density at radius 1 is 1.57 bits per heavy atom. The van der Waals surface area contributed by atoms with Crippen molar-refractivity contribution in [2.75, 3.05) is 6.54 Å². The summed E-state index contributed by atoms with van der Waals surface area (Å²) in [5, 5.41) is 11.4. The third kappa shape index (κ3) is 4.00. The van der Waals surface area contributed by atoms with Crippen LogP contribution in [-0.4, -0.2) is 22.6 Å². The maximum atomic E-state index is 10.2. The molecule has 0 fully saturated rings. The summed E-state index contributed by atoms with van der Waals surface area (Å²) in [6.45, 7) is 3.09. The van der Waals surface area contributed by atoms with Crippen LogP contribution < -0.4 is 5.32 Å². The molecule has 0 aliphatic heterocycles. The number of pyridine rings is 1. The Kier molecular flexibility index (Phi) is 4.07. The summed E-state index contributed by atoms with van der Waals surface area (Å²) in [6.07, 6.45) is 1.95. The van der Waals surface area contributed by atoms with Gasteiger partial charge in [-0.25, -0.2) is 0 Å². The number of nitrogens with zero attached hydrogens (tertiary/aromatic N) is 1. The van der Waals surface area contributed by atoms with E-state index in [0.29, 0.717) is 13.1 Å². The van der Waals surface area contributed by atoms with E-state index in [2.05, 4.69) is 10.3 Å². The summed E-state index contributed by atoms with van der Waals surface area (Å²) < 4.78 is 0. The minimum absolute atomic E-state index is 0.152. The van der Waals surface area contributed by atoms with Crippen molar-refractivity contribution in [2.45, 2.75) is 19.9 Å². The fraction of sp³-hybridized carbons (Fsp3) is 0.400. The van der Waals surface area contributed by atoms with Gasteiger partial charge in [-0.05, 0) is 18.6 Å². The predicted molar refractivity (Wildman–Crippen MR) is 52.9 cm³/mol. The van der Waals surface area contributed by atoms with E-state index in [0.717, 1.165) is 11.3 Å². The molecular formula is C10H14N2O2. The SMILES string of the molecule is Cc1ccc(CNCCC(=O)O)cn1. The summed E-state index contributed by atoms with van der Waals surface area (Å²) in [6, 6.07) is 3.92. The molecule has 0 atom stereocenters. The number of aliphatic carboxylic acids is 1. The lowest BCUT2D eigenvalue weighted by Crippen LogP contribution is -2.17. The lowest BCUT2D eigenvalue weighted by atomic mass is 10.2. The van der Waals surface area contributed by atoms with Crippen molar-refractivity contribution in [1.29, 1.82) is 0 Å². The van der Waals surface area contributed by atoms with E-state index in [-0.39, 0.29) is 6.42 Å². The molecule has 0 aliphatic carbocycles. The minimum atomic E-state index is -0.778. The number of rotatable bonds is 5. The van der Waals surface area contributed by atoms with Crippen LogP contribution >= 0.6 is 0 Å². The number of hydrogen-bond acceptors (Lipinski definition) is 3. The summed E-state index contributed by atoms with van der Waals surface area (Å²) in [4.78, 5) is 14.3. The molecule has 1 heterocycles. The van der Waals surface area contributed by atoms with Gasteiger partial charge >= 0.3 is 5.97 Å². The van der Waals surface area contributed by atoms with Gasteiger partial charge in [-0.2, -0.15) is 0 Å². The van der Waals surface area contributed by atoms with Crippen molar-refractivity contribution in [1.82, 2.24) is 10.3 Å². The molecule has 0 radical (unpaired) electrons. The lowest BCUT2D eigenvalue weighted by molar-refractivity contribution is -0.136. The first-order chi connectivity index (χ1) is 6.68. The Labute approximate surface area is 83.0 Å². The summed E-state index contributed by atoms with van der Waals surface area (Å²) in [7, 11) is 0. The molecule has 4 heteroatoms. The Morgan fingerprint density at radius 3 is 2.93 bits per heavy atom. The van der Waals surface area contributed by atoms with Crippen LogP contribution in [0, 0.1) is 6.92 Å². The number of hydrogen-bond donors (Lipinski definition) is 2. The van der Waals surface area contributed by atoms with Crippen LogP contribution in [0.1, 0.15) is 17.7 Å². The average Bonchev–Trinajstić information content (AvgIpc) is 2.15. The molecule has 0 saturated carbocycles. The molecule has 0 spiro atoms. The minimum Gasteiger partial charge on any atom is -0.481 e. The monoisotopic (exact) mass is 194 g/mol. The van der Waals surface area contributed by atoms with Crippen LogP contribution in [0.5, 0.6) is 0 Å². The molecule has 0 bridgehead atoms. The highest BCUT2D eigenvalue weighted by atomic mass is 16.4. The van der Waals surface area contributed by atoms with Gasteiger partial charge in [0.2, 0.25) is 0 Å². The second-order valence-electron chi connectivity index (χ2n) is 3.13. The maximum Gasteiger partial charge on any atom is 0.304 e. The molecule has 1 aromatic rings. The van der Waals surface area contributed by atoms with Gasteiger partial charge in [0.05, 0.1) is 6.42 Å². The zero-order valence-corrected chi connectivity index (χ0v) is 8.16. The van der Waals surface area contributed by atoms with Gasteiger partial charge in [-0.3, -0.25) is 9.78 Å². The van der Waals surface area contributed by atoms with Gasteiger partial charge in [0.15, 0.2) is 0 Å². The van der Waals surface area contributed by atoms with Crippen molar-refractivity contribution in [3.63, 3.8) is 0 Å². The van der Waals surface area contributed by atoms with Gasteiger partial charge in [-0.15, -0.1) is 0 Å². The third-order valence-electron chi connectivity index (χ3n) is 1.82. The fourth-order valence-electron chi connectivity index (χ4n) is 1.03. The number of nitrogens with one attached hydrogen (secondary N) is 1. The molecule has 0 saturated heterocycles. The smallest absolute Gasteiger partial charge is 0.304 e. The van der Waals surface area contributed by atoms with Crippen LogP contribution in [0.2, 0.25) is 0 Å². The van der Waals surface area contributed by atoms with Crippen molar-refractivity contribution in [2.24, 2.45) is 0 Å². The highest BCUT2D eigenvalue weighted by molar-refractivity contribution is 5.66. The van der Waals surface area contributed by atoms with Crippen LogP contribution in [0.4, 0.5) is 0 Å². The molecule has 2 N–H and O–H groups in total. The molecule has 76 valence electrons. The van der Waals surface area contributed by atoms with Crippen LogP contribution in [0.3, 0.4) is 0 Å².